The molecular formula is C25H32N2O4. The first-order valence-corrected chi connectivity index (χ1v) is 10.6. The zero-order valence-electron chi connectivity index (χ0n) is 19.2. The van der Waals surface area contributed by atoms with E-state index in [1.807, 2.05) is 50.1 Å². The van der Waals surface area contributed by atoms with Gasteiger partial charge in [-0.3, -0.25) is 0 Å². The molecule has 6 nitrogen and oxygen atoms in total. The lowest BCUT2D eigenvalue weighted by atomic mass is 9.72. The summed E-state index contributed by atoms with van der Waals surface area (Å²) in [5.74, 6) is -0.559. The third-order valence-electron chi connectivity index (χ3n) is 6.08. The zero-order valence-corrected chi connectivity index (χ0v) is 19.2. The Morgan fingerprint density at radius 1 is 1.23 bits per heavy atom. The fraction of sp³-hybridized carbons (Fsp3) is 0.440. The molecule has 166 valence electrons. The summed E-state index contributed by atoms with van der Waals surface area (Å²) in [4.78, 5) is 26.0. The van der Waals surface area contributed by atoms with Gasteiger partial charge in [0.1, 0.15) is 6.04 Å². The second kappa shape index (κ2) is 9.00. The predicted molar refractivity (Wildman–Crippen MR) is 123 cm³/mol. The van der Waals surface area contributed by atoms with Crippen molar-refractivity contribution in [3.63, 3.8) is 0 Å². The summed E-state index contributed by atoms with van der Waals surface area (Å²) in [6, 6.07) is 13.6. The topological polar surface area (TPSA) is 67.9 Å². The third kappa shape index (κ3) is 4.68. The molecule has 1 aliphatic heterocycles. The lowest BCUT2D eigenvalue weighted by Gasteiger charge is -2.41. The highest BCUT2D eigenvalue weighted by Gasteiger charge is 2.36. The molecule has 2 unspecified atom stereocenters. The van der Waals surface area contributed by atoms with E-state index in [2.05, 4.69) is 31.3 Å². The first kappa shape index (κ1) is 22.7. The minimum absolute atomic E-state index is 0.0789. The second-order valence-electron chi connectivity index (χ2n) is 8.74. The molecule has 31 heavy (non-hydrogen) atoms. The normalized spacial score (nSPS) is 17.7. The van der Waals surface area contributed by atoms with E-state index in [1.54, 1.807) is 6.07 Å². The van der Waals surface area contributed by atoms with Crippen molar-refractivity contribution in [2.45, 2.75) is 46.2 Å². The van der Waals surface area contributed by atoms with Gasteiger partial charge in [0.05, 0.1) is 25.3 Å². The van der Waals surface area contributed by atoms with Gasteiger partial charge in [0, 0.05) is 18.4 Å². The molecule has 1 N–H and O–H groups in total. The summed E-state index contributed by atoms with van der Waals surface area (Å²) in [6.07, 6.45) is 0.825. The summed E-state index contributed by atoms with van der Waals surface area (Å²) in [5, 5.41) is 3.67. The Bertz CT molecular complexity index is 970. The van der Waals surface area contributed by atoms with Crippen molar-refractivity contribution in [3.05, 3.63) is 59.2 Å². The first-order chi connectivity index (χ1) is 14.7. The standard InChI is InChI=1S/C25H32N2O4/c1-7-31-24(29)18-11-12-21-19(13-18)15-25(3,4)22(26-21)17-9-8-10-20(14-17)27(5)16(2)23(28)30-6/h8-14,16,22,26H,7,15H2,1-6H3. The van der Waals surface area contributed by atoms with Gasteiger partial charge in [-0.05, 0) is 67.1 Å². The molecule has 2 aromatic carbocycles. The summed E-state index contributed by atoms with van der Waals surface area (Å²) in [5.41, 5.74) is 4.73. The van der Waals surface area contributed by atoms with Crippen LogP contribution in [-0.2, 0) is 20.7 Å². The lowest BCUT2D eigenvalue weighted by molar-refractivity contribution is -0.141. The van der Waals surface area contributed by atoms with Gasteiger partial charge in [-0.15, -0.1) is 0 Å². The SMILES string of the molecule is CCOC(=O)c1ccc2c(c1)CC(C)(C)C(c1cccc(N(C)C(C)C(=O)OC)c1)N2. The van der Waals surface area contributed by atoms with E-state index in [1.165, 1.54) is 7.11 Å². The van der Waals surface area contributed by atoms with Crippen LogP contribution in [0.3, 0.4) is 0 Å². The van der Waals surface area contributed by atoms with E-state index >= 15 is 0 Å². The molecule has 6 heteroatoms. The number of hydrogen-bond acceptors (Lipinski definition) is 6. The van der Waals surface area contributed by atoms with Crippen LogP contribution in [0, 0.1) is 5.41 Å². The maximum absolute atomic E-state index is 12.1. The van der Waals surface area contributed by atoms with Gasteiger partial charge in [0.25, 0.3) is 0 Å². The largest absolute Gasteiger partial charge is 0.467 e. The number of methoxy groups -OCH3 is 1. The molecule has 0 bridgehead atoms. The number of anilines is 2. The van der Waals surface area contributed by atoms with Crippen molar-refractivity contribution < 1.29 is 19.1 Å². The summed E-state index contributed by atoms with van der Waals surface area (Å²) in [6.45, 7) is 8.44. The van der Waals surface area contributed by atoms with Crippen LogP contribution in [0.2, 0.25) is 0 Å². The van der Waals surface area contributed by atoms with Crippen molar-refractivity contribution in [2.24, 2.45) is 5.41 Å². The molecular weight excluding hydrogens is 392 g/mol. The number of nitrogens with one attached hydrogen (secondary N) is 1. The van der Waals surface area contributed by atoms with E-state index in [0.717, 1.165) is 28.9 Å². The Hall–Kier alpha value is -3.02. The first-order valence-electron chi connectivity index (χ1n) is 10.6. The average Bonchev–Trinajstić information content (AvgIpc) is 2.76. The van der Waals surface area contributed by atoms with Gasteiger partial charge in [-0.25, -0.2) is 9.59 Å². The van der Waals surface area contributed by atoms with Crippen molar-refractivity contribution >= 4 is 23.3 Å². The van der Waals surface area contributed by atoms with Crippen LogP contribution in [0.5, 0.6) is 0 Å². The van der Waals surface area contributed by atoms with Crippen LogP contribution in [0.1, 0.15) is 55.2 Å². The fourth-order valence-corrected chi connectivity index (χ4v) is 4.18. The van der Waals surface area contributed by atoms with E-state index in [-0.39, 0.29) is 29.4 Å². The number of hydrogen-bond donors (Lipinski definition) is 1. The number of likely N-dealkylation sites (N-methyl/N-ethyl adjacent to an activating group) is 1. The predicted octanol–water partition coefficient (Wildman–Crippen LogP) is 4.60. The molecule has 0 amide bonds. The quantitative estimate of drug-likeness (QED) is 0.684. The molecule has 0 fully saturated rings. The molecule has 2 atom stereocenters. The van der Waals surface area contributed by atoms with Gasteiger partial charge in [0.2, 0.25) is 0 Å². The van der Waals surface area contributed by atoms with Crippen molar-refractivity contribution in [3.8, 4) is 0 Å². The van der Waals surface area contributed by atoms with Gasteiger partial charge < -0.3 is 19.7 Å². The summed E-state index contributed by atoms with van der Waals surface area (Å²) < 4.78 is 10.0. The molecule has 1 aliphatic rings. The average molecular weight is 425 g/mol. The highest BCUT2D eigenvalue weighted by molar-refractivity contribution is 5.90. The number of carbonyl (C=O) groups excluding carboxylic acids is 2. The minimum Gasteiger partial charge on any atom is -0.467 e. The number of ether oxygens (including phenoxy) is 2. The Balaban J connectivity index is 1.89. The summed E-state index contributed by atoms with van der Waals surface area (Å²) in [7, 11) is 3.30. The van der Waals surface area contributed by atoms with Crippen LogP contribution >= 0.6 is 0 Å². The number of rotatable bonds is 6. The lowest BCUT2D eigenvalue weighted by Crippen LogP contribution is -2.37. The minimum atomic E-state index is -0.380. The van der Waals surface area contributed by atoms with E-state index < -0.39 is 0 Å². The highest BCUT2D eigenvalue weighted by atomic mass is 16.5. The van der Waals surface area contributed by atoms with Crippen molar-refractivity contribution in [2.75, 3.05) is 31.0 Å². The van der Waals surface area contributed by atoms with Gasteiger partial charge in [-0.2, -0.15) is 0 Å². The molecule has 0 aromatic heterocycles. The number of carbonyl (C=O) groups is 2. The van der Waals surface area contributed by atoms with Crippen LogP contribution in [0.15, 0.2) is 42.5 Å². The molecule has 0 radical (unpaired) electrons. The van der Waals surface area contributed by atoms with Gasteiger partial charge in [-0.1, -0.05) is 26.0 Å². The van der Waals surface area contributed by atoms with Crippen LogP contribution in [0.25, 0.3) is 0 Å². The Labute approximate surface area is 184 Å². The Morgan fingerprint density at radius 3 is 2.65 bits per heavy atom. The number of benzene rings is 2. The number of nitrogens with zero attached hydrogens (tertiary/aromatic N) is 1. The smallest absolute Gasteiger partial charge is 0.338 e. The Morgan fingerprint density at radius 2 is 1.97 bits per heavy atom. The molecule has 0 spiro atoms. The van der Waals surface area contributed by atoms with Crippen molar-refractivity contribution in [1.29, 1.82) is 0 Å². The number of fused-ring (bicyclic) bond motifs is 1. The maximum Gasteiger partial charge on any atom is 0.338 e. The molecule has 1 heterocycles. The molecule has 0 saturated carbocycles. The molecule has 0 saturated heterocycles. The molecule has 0 aliphatic carbocycles. The zero-order chi connectivity index (χ0) is 22.8. The highest BCUT2D eigenvalue weighted by Crippen LogP contribution is 2.45. The van der Waals surface area contributed by atoms with E-state index in [0.29, 0.717) is 12.2 Å². The number of esters is 2. The maximum atomic E-state index is 12.1. The summed E-state index contributed by atoms with van der Waals surface area (Å²) >= 11 is 0. The second-order valence-corrected chi connectivity index (χ2v) is 8.74. The van der Waals surface area contributed by atoms with E-state index in [4.69, 9.17) is 9.47 Å². The van der Waals surface area contributed by atoms with E-state index in [9.17, 15) is 9.59 Å². The molecule has 2 aromatic rings. The third-order valence-corrected chi connectivity index (χ3v) is 6.08. The van der Waals surface area contributed by atoms with Gasteiger partial charge in [0.15, 0.2) is 0 Å². The Kier molecular flexibility index (Phi) is 6.58. The van der Waals surface area contributed by atoms with Crippen LogP contribution in [-0.4, -0.2) is 38.7 Å². The van der Waals surface area contributed by atoms with Crippen molar-refractivity contribution in [1.82, 2.24) is 0 Å². The van der Waals surface area contributed by atoms with Crippen LogP contribution in [0.4, 0.5) is 11.4 Å². The fourth-order valence-electron chi connectivity index (χ4n) is 4.18. The molecule has 3 rings (SSSR count). The van der Waals surface area contributed by atoms with Crippen LogP contribution < -0.4 is 10.2 Å². The monoisotopic (exact) mass is 424 g/mol. The van der Waals surface area contributed by atoms with Gasteiger partial charge >= 0.3 is 11.9 Å².